The Bertz CT molecular complexity index is 870. The van der Waals surface area contributed by atoms with E-state index in [-0.39, 0.29) is 17.7 Å². The van der Waals surface area contributed by atoms with E-state index in [4.69, 9.17) is 11.5 Å². The van der Waals surface area contributed by atoms with Crippen LogP contribution in [0.25, 0.3) is 0 Å². The molecule has 2 atom stereocenters. The largest absolute Gasteiger partial charge is 0.368 e. The van der Waals surface area contributed by atoms with Crippen molar-refractivity contribution < 1.29 is 18.0 Å². The summed E-state index contributed by atoms with van der Waals surface area (Å²) >= 11 is 1.23. The highest BCUT2D eigenvalue weighted by molar-refractivity contribution is 7.89. The van der Waals surface area contributed by atoms with Gasteiger partial charge in [-0.25, -0.2) is 8.42 Å². The van der Waals surface area contributed by atoms with Gasteiger partial charge in [-0.3, -0.25) is 9.59 Å². The maximum atomic E-state index is 12.7. The molecule has 152 valence electrons. The van der Waals surface area contributed by atoms with E-state index in [2.05, 4.69) is 10.0 Å². The molecule has 0 saturated carbocycles. The summed E-state index contributed by atoms with van der Waals surface area (Å²) in [6.45, 7) is 0.299. The standard InChI is InChI=1S/C18H24N4O4S2/c19-9-4-7-15(22-28(25,26)14-8-10-27-12-14)18(24)21-16(17(20)23)11-13-5-2-1-3-6-13/h1-3,5-6,8,10,12,15-16,22H,4,7,9,11,19H2,(H2,20,23)(H,21,24)/t15?,16-/m0/s1. The maximum absolute atomic E-state index is 12.7. The fraction of sp³-hybridized carbons (Fsp3) is 0.333. The lowest BCUT2D eigenvalue weighted by Gasteiger charge is -2.22. The Hall–Kier alpha value is -2.27. The van der Waals surface area contributed by atoms with Crippen molar-refractivity contribution in [2.45, 2.75) is 36.2 Å². The molecule has 8 nitrogen and oxygen atoms in total. The predicted molar refractivity (Wildman–Crippen MR) is 108 cm³/mol. The van der Waals surface area contributed by atoms with Crippen molar-refractivity contribution >= 4 is 33.2 Å². The number of rotatable bonds is 11. The molecule has 0 aliphatic heterocycles. The van der Waals surface area contributed by atoms with Crippen LogP contribution in [-0.2, 0) is 26.0 Å². The number of sulfonamides is 1. The number of nitrogens with two attached hydrogens (primary N) is 2. The average Bonchev–Trinajstić information content (AvgIpc) is 3.21. The molecule has 0 bridgehead atoms. The second-order valence-electron chi connectivity index (χ2n) is 6.22. The van der Waals surface area contributed by atoms with E-state index in [1.54, 1.807) is 5.38 Å². The third-order valence-electron chi connectivity index (χ3n) is 4.06. The van der Waals surface area contributed by atoms with Crippen molar-refractivity contribution in [1.82, 2.24) is 10.0 Å². The molecular formula is C18H24N4O4S2. The summed E-state index contributed by atoms with van der Waals surface area (Å²) in [5.74, 6) is -1.32. The Labute approximate surface area is 168 Å². The van der Waals surface area contributed by atoms with E-state index in [0.29, 0.717) is 13.0 Å². The van der Waals surface area contributed by atoms with Gasteiger partial charge in [0.15, 0.2) is 0 Å². The lowest BCUT2D eigenvalue weighted by molar-refractivity contribution is -0.128. The SMILES string of the molecule is NCCCC(NS(=O)(=O)c1ccsc1)C(=O)N[C@@H](Cc1ccccc1)C(N)=O. The summed E-state index contributed by atoms with van der Waals surface area (Å²) in [6, 6.07) is 8.52. The monoisotopic (exact) mass is 424 g/mol. The molecule has 2 aromatic rings. The summed E-state index contributed by atoms with van der Waals surface area (Å²) in [6.07, 6.45) is 0.843. The average molecular weight is 425 g/mol. The fourth-order valence-electron chi connectivity index (χ4n) is 2.57. The second-order valence-corrected chi connectivity index (χ2v) is 8.71. The van der Waals surface area contributed by atoms with Gasteiger partial charge in [-0.2, -0.15) is 16.1 Å². The first-order valence-corrected chi connectivity index (χ1v) is 11.1. The molecule has 0 saturated heterocycles. The molecule has 2 amide bonds. The Balaban J connectivity index is 2.13. The van der Waals surface area contributed by atoms with E-state index in [0.717, 1.165) is 5.56 Å². The van der Waals surface area contributed by atoms with E-state index in [1.165, 1.54) is 22.8 Å². The van der Waals surface area contributed by atoms with E-state index < -0.39 is 33.9 Å². The highest BCUT2D eigenvalue weighted by atomic mass is 32.2. The minimum atomic E-state index is -3.86. The van der Waals surface area contributed by atoms with Crippen molar-refractivity contribution in [3.8, 4) is 0 Å². The Morgan fingerprint density at radius 3 is 2.39 bits per heavy atom. The number of hydrogen-bond donors (Lipinski definition) is 4. The summed E-state index contributed by atoms with van der Waals surface area (Å²) in [5.41, 5.74) is 11.8. The summed E-state index contributed by atoms with van der Waals surface area (Å²) < 4.78 is 27.3. The molecule has 0 aliphatic rings. The van der Waals surface area contributed by atoms with Crippen molar-refractivity contribution in [1.29, 1.82) is 0 Å². The summed E-state index contributed by atoms with van der Waals surface area (Å²) in [7, 11) is -3.86. The highest BCUT2D eigenvalue weighted by Crippen LogP contribution is 2.14. The molecule has 6 N–H and O–H groups in total. The molecule has 2 rings (SSSR count). The molecule has 1 heterocycles. The Kier molecular flexibility index (Phi) is 8.12. The van der Waals surface area contributed by atoms with Crippen molar-refractivity contribution in [3.05, 3.63) is 52.7 Å². The number of carbonyl (C=O) groups is 2. The van der Waals surface area contributed by atoms with E-state index in [9.17, 15) is 18.0 Å². The number of benzene rings is 1. The van der Waals surface area contributed by atoms with Gasteiger partial charge in [-0.05, 0) is 36.4 Å². The molecule has 0 fully saturated rings. The quantitative estimate of drug-likeness (QED) is 0.411. The minimum absolute atomic E-state index is 0.0822. The molecule has 0 radical (unpaired) electrons. The van der Waals surface area contributed by atoms with Crippen molar-refractivity contribution in [2.75, 3.05) is 6.54 Å². The van der Waals surface area contributed by atoms with Gasteiger partial charge in [-0.1, -0.05) is 30.3 Å². The third-order valence-corrected chi connectivity index (χ3v) is 6.36. The van der Waals surface area contributed by atoms with Gasteiger partial charge in [0.1, 0.15) is 12.1 Å². The number of carbonyl (C=O) groups excluding carboxylic acids is 2. The number of thiophene rings is 1. The summed E-state index contributed by atoms with van der Waals surface area (Å²) in [5, 5.41) is 5.67. The minimum Gasteiger partial charge on any atom is -0.368 e. The third kappa shape index (κ3) is 6.41. The van der Waals surface area contributed by atoms with Crippen LogP contribution in [0.3, 0.4) is 0 Å². The molecule has 28 heavy (non-hydrogen) atoms. The van der Waals surface area contributed by atoms with Gasteiger partial charge in [0.2, 0.25) is 21.8 Å². The van der Waals surface area contributed by atoms with Crippen LogP contribution in [0.4, 0.5) is 0 Å². The van der Waals surface area contributed by atoms with Crippen LogP contribution in [0.5, 0.6) is 0 Å². The Morgan fingerprint density at radius 2 is 1.82 bits per heavy atom. The van der Waals surface area contributed by atoms with E-state index in [1.807, 2.05) is 30.3 Å². The lowest BCUT2D eigenvalue weighted by atomic mass is 10.0. The first-order valence-electron chi connectivity index (χ1n) is 8.71. The zero-order valence-corrected chi connectivity index (χ0v) is 16.8. The second kappa shape index (κ2) is 10.3. The van der Waals surface area contributed by atoms with Gasteiger partial charge >= 0.3 is 0 Å². The van der Waals surface area contributed by atoms with Crippen LogP contribution in [0.1, 0.15) is 18.4 Å². The topological polar surface area (TPSA) is 144 Å². The number of primary amides is 1. The van der Waals surface area contributed by atoms with Gasteiger partial charge in [0, 0.05) is 11.8 Å². The first-order chi connectivity index (χ1) is 13.3. The van der Waals surface area contributed by atoms with Gasteiger partial charge < -0.3 is 16.8 Å². The Morgan fingerprint density at radius 1 is 1.11 bits per heavy atom. The molecule has 10 heteroatoms. The maximum Gasteiger partial charge on any atom is 0.242 e. The van der Waals surface area contributed by atoms with Crippen LogP contribution in [0.2, 0.25) is 0 Å². The highest BCUT2D eigenvalue weighted by Gasteiger charge is 2.28. The van der Waals surface area contributed by atoms with Gasteiger partial charge in [-0.15, -0.1) is 0 Å². The molecule has 0 aliphatic carbocycles. The summed E-state index contributed by atoms with van der Waals surface area (Å²) in [4.78, 5) is 24.6. The molecule has 1 aromatic carbocycles. The number of nitrogens with one attached hydrogen (secondary N) is 2. The number of hydrogen-bond acceptors (Lipinski definition) is 6. The van der Waals surface area contributed by atoms with Crippen molar-refractivity contribution in [3.63, 3.8) is 0 Å². The smallest absolute Gasteiger partial charge is 0.242 e. The normalized spacial score (nSPS) is 13.6. The van der Waals surface area contributed by atoms with E-state index >= 15 is 0 Å². The molecule has 1 aromatic heterocycles. The lowest BCUT2D eigenvalue weighted by Crippen LogP contribution is -2.53. The molecular weight excluding hydrogens is 400 g/mol. The van der Waals surface area contributed by atoms with Crippen molar-refractivity contribution in [2.24, 2.45) is 11.5 Å². The van der Waals surface area contributed by atoms with Crippen LogP contribution < -0.4 is 21.5 Å². The van der Waals surface area contributed by atoms with Crippen LogP contribution in [0, 0.1) is 0 Å². The molecule has 0 spiro atoms. The first kappa shape index (κ1) is 22.0. The zero-order chi connectivity index (χ0) is 20.6. The van der Waals surface area contributed by atoms with Gasteiger partial charge in [0.25, 0.3) is 0 Å². The van der Waals surface area contributed by atoms with Crippen LogP contribution in [0.15, 0.2) is 52.1 Å². The fourth-order valence-corrected chi connectivity index (χ4v) is 4.83. The van der Waals surface area contributed by atoms with Crippen LogP contribution in [-0.4, -0.2) is 38.9 Å². The zero-order valence-electron chi connectivity index (χ0n) is 15.2. The molecule has 1 unspecified atom stereocenters. The number of amides is 2. The van der Waals surface area contributed by atoms with Crippen LogP contribution >= 0.6 is 11.3 Å². The van der Waals surface area contributed by atoms with Gasteiger partial charge in [0.05, 0.1) is 4.90 Å². The predicted octanol–water partition coefficient (Wildman–Crippen LogP) is 0.347.